The lowest BCUT2D eigenvalue weighted by molar-refractivity contribution is 0.0666. The number of rotatable bonds is 18. The van der Waals surface area contributed by atoms with Crippen LogP contribution in [0.4, 0.5) is 17.6 Å². The number of methoxy groups -OCH3 is 3. The number of hydrogen-bond acceptors (Lipinski definition) is 10. The molecule has 0 bridgehead atoms. The predicted molar refractivity (Wildman–Crippen MR) is 313 cm³/mol. The standard InChI is InChI=1S/C12H13FO3.C11H13FO2.C11H14O4.C11H14O2.C10H12F2.C10H12O4/c1-7-5-6-9(12(14)15)11(10(7)13)16-8-3-2-4-8;1-3-4-8-5-7(2)6-9(12)10(8)11(13)14;1-4-15-9-6-7(2)5-8(14-3)10(9)11(12)13;1-3-4-9-7-8(2)5-6-10(9)11(12)13;1-7-3-4-8(2)9(5-7)6-10(11)12;1-6-4-7(13-2)9(10(11)12)8(5-6)14-3/h5-6,8H,2-4H2,1H3,(H,14,15);5-6H,3-4H2,1-2H3,(H,13,14);5-6H,4H2,1-3H3,(H,12,13);5-7H,3-4H2,1-2H3,(H,12,13);3-5,10H,6H2,1-2H3;4-5H,1-3H3,(H,11,12). The average Bonchev–Trinajstić information content (AvgIpc) is 3.54. The highest BCUT2D eigenvalue weighted by Gasteiger charge is 2.26. The van der Waals surface area contributed by atoms with Gasteiger partial charge in [-0.05, 0) is 174 Å². The maximum absolute atomic E-state index is 13.8. The fraction of sp³-hybridized carbons (Fsp3) is 0.369. The number of carboxylic acids is 5. The van der Waals surface area contributed by atoms with Gasteiger partial charge in [0.25, 0.3) is 0 Å². The Balaban J connectivity index is 0.000000345. The lowest BCUT2D eigenvalue weighted by atomic mass is 9.96. The number of carbonyl (C=O) groups is 5. The van der Waals surface area contributed by atoms with E-state index in [-0.39, 0.29) is 40.5 Å². The van der Waals surface area contributed by atoms with Crippen LogP contribution in [0.2, 0.25) is 0 Å². The Hall–Kier alpha value is -8.61. The van der Waals surface area contributed by atoms with Crippen molar-refractivity contribution in [1.29, 1.82) is 0 Å². The third-order valence-corrected chi connectivity index (χ3v) is 12.6. The van der Waals surface area contributed by atoms with Crippen molar-refractivity contribution < 1.29 is 90.8 Å². The van der Waals surface area contributed by atoms with Crippen LogP contribution in [0.5, 0.6) is 28.7 Å². The zero-order chi connectivity index (χ0) is 63.5. The molecule has 19 heteroatoms. The number of hydrogen-bond donors (Lipinski definition) is 5. The molecular formula is C65H78F4O15. The summed E-state index contributed by atoms with van der Waals surface area (Å²) in [7, 11) is 4.30. The van der Waals surface area contributed by atoms with Gasteiger partial charge in [0, 0.05) is 6.42 Å². The first-order valence-corrected chi connectivity index (χ1v) is 27.0. The number of aromatic carboxylic acids is 5. The van der Waals surface area contributed by atoms with Crippen molar-refractivity contribution in [2.75, 3.05) is 27.9 Å². The molecule has 1 aliphatic carbocycles. The van der Waals surface area contributed by atoms with E-state index in [1.807, 2.05) is 78.8 Å². The maximum atomic E-state index is 13.8. The van der Waals surface area contributed by atoms with Crippen molar-refractivity contribution >= 4 is 29.8 Å². The fourth-order valence-corrected chi connectivity index (χ4v) is 8.32. The van der Waals surface area contributed by atoms with Crippen molar-refractivity contribution in [3.8, 4) is 28.7 Å². The summed E-state index contributed by atoms with van der Waals surface area (Å²) in [5, 5.41) is 44.6. The number of ether oxygens (including phenoxy) is 5. The van der Waals surface area contributed by atoms with Crippen LogP contribution in [-0.2, 0) is 19.3 Å². The van der Waals surface area contributed by atoms with Crippen LogP contribution in [0.15, 0.2) is 84.9 Å². The number of alkyl halides is 2. The van der Waals surface area contributed by atoms with Crippen LogP contribution in [0.1, 0.15) is 160 Å². The number of benzene rings is 6. The molecule has 0 aromatic heterocycles. The summed E-state index contributed by atoms with van der Waals surface area (Å²) >= 11 is 0. The van der Waals surface area contributed by atoms with Crippen molar-refractivity contribution in [1.82, 2.24) is 0 Å². The topological polar surface area (TPSA) is 233 Å². The van der Waals surface area contributed by atoms with E-state index < -0.39 is 47.9 Å². The first kappa shape index (κ1) is 71.5. The average molecular weight is 1180 g/mol. The summed E-state index contributed by atoms with van der Waals surface area (Å²) in [5.41, 5.74) is 8.62. The maximum Gasteiger partial charge on any atom is 0.343 e. The highest BCUT2D eigenvalue weighted by atomic mass is 19.3. The van der Waals surface area contributed by atoms with E-state index >= 15 is 0 Å². The molecule has 1 fully saturated rings. The van der Waals surface area contributed by atoms with Crippen LogP contribution < -0.4 is 23.7 Å². The molecule has 0 atom stereocenters. The van der Waals surface area contributed by atoms with Crippen LogP contribution in [-0.4, -0.2) is 95.8 Å². The molecule has 1 aliphatic rings. The molecule has 0 heterocycles. The molecular weight excluding hydrogens is 1100 g/mol. The Labute approximate surface area is 488 Å². The van der Waals surface area contributed by atoms with Gasteiger partial charge in [0.1, 0.15) is 45.5 Å². The highest BCUT2D eigenvalue weighted by Crippen LogP contribution is 2.33. The van der Waals surface area contributed by atoms with Gasteiger partial charge in [-0.2, -0.15) is 0 Å². The third-order valence-electron chi connectivity index (χ3n) is 12.6. The summed E-state index contributed by atoms with van der Waals surface area (Å²) in [4.78, 5) is 54.5. The van der Waals surface area contributed by atoms with Crippen LogP contribution in [0.25, 0.3) is 0 Å². The van der Waals surface area contributed by atoms with E-state index in [1.165, 1.54) is 39.5 Å². The lowest BCUT2D eigenvalue weighted by Gasteiger charge is -2.27. The molecule has 84 heavy (non-hydrogen) atoms. The Bertz CT molecular complexity index is 3160. The van der Waals surface area contributed by atoms with Crippen molar-refractivity contribution in [3.63, 3.8) is 0 Å². The van der Waals surface area contributed by atoms with Crippen LogP contribution in [0.3, 0.4) is 0 Å². The lowest BCUT2D eigenvalue weighted by Crippen LogP contribution is -2.26. The Morgan fingerprint density at radius 2 is 0.917 bits per heavy atom. The van der Waals surface area contributed by atoms with Crippen LogP contribution >= 0.6 is 0 Å². The Kier molecular flexibility index (Phi) is 30.1. The van der Waals surface area contributed by atoms with E-state index in [4.69, 9.17) is 49.2 Å². The first-order chi connectivity index (χ1) is 39.6. The molecule has 0 amide bonds. The highest BCUT2D eigenvalue weighted by molar-refractivity contribution is 5.95. The minimum absolute atomic E-state index is 0.0330. The molecule has 15 nitrogen and oxygen atoms in total. The van der Waals surface area contributed by atoms with Gasteiger partial charge >= 0.3 is 29.8 Å². The Morgan fingerprint density at radius 1 is 0.500 bits per heavy atom. The molecule has 6 aromatic rings. The van der Waals surface area contributed by atoms with Gasteiger partial charge in [-0.3, -0.25) is 0 Å². The van der Waals surface area contributed by atoms with Crippen molar-refractivity contribution in [2.45, 2.75) is 133 Å². The van der Waals surface area contributed by atoms with Gasteiger partial charge in [0.05, 0.1) is 45.2 Å². The second kappa shape index (κ2) is 35.4. The van der Waals surface area contributed by atoms with Gasteiger partial charge in [-0.1, -0.05) is 80.3 Å². The normalized spacial score (nSPS) is 11.1. The van der Waals surface area contributed by atoms with E-state index in [0.29, 0.717) is 52.7 Å². The van der Waals surface area contributed by atoms with Crippen LogP contribution in [0, 0.1) is 60.1 Å². The Morgan fingerprint density at radius 3 is 1.35 bits per heavy atom. The van der Waals surface area contributed by atoms with Gasteiger partial charge in [0.15, 0.2) is 11.6 Å². The van der Waals surface area contributed by atoms with Gasteiger partial charge in [0.2, 0.25) is 6.43 Å². The van der Waals surface area contributed by atoms with Gasteiger partial charge < -0.3 is 49.2 Å². The number of aryl methyl sites for hydroxylation is 9. The zero-order valence-electron chi connectivity index (χ0n) is 49.9. The molecule has 6 aromatic carbocycles. The van der Waals surface area contributed by atoms with Gasteiger partial charge in [-0.15, -0.1) is 0 Å². The summed E-state index contributed by atoms with van der Waals surface area (Å²) in [6.07, 6.45) is 3.60. The summed E-state index contributed by atoms with van der Waals surface area (Å²) < 4.78 is 76.7. The van der Waals surface area contributed by atoms with Gasteiger partial charge in [-0.25, -0.2) is 41.5 Å². The molecule has 0 spiro atoms. The molecule has 5 N–H and O–H groups in total. The number of carboxylic acid groups (broad SMARTS) is 5. The monoisotopic (exact) mass is 1170 g/mol. The zero-order valence-corrected chi connectivity index (χ0v) is 49.9. The third kappa shape index (κ3) is 22.3. The molecule has 0 aliphatic heterocycles. The minimum Gasteiger partial charge on any atom is -0.496 e. The van der Waals surface area contributed by atoms with E-state index in [2.05, 4.69) is 0 Å². The second-order valence-electron chi connectivity index (χ2n) is 19.6. The SMILES string of the molecule is CCCc1cc(C)cc(F)c1C(=O)O.CCCc1cc(C)ccc1C(=O)O.CCOc1cc(C)cc(OC)c1C(=O)O.COc1cc(C)cc(OC)c1C(=O)O.Cc1ccc(C(=O)O)c(OC2CCC2)c1F.Cc1ccc(C)c(CC(F)F)c1. The fourth-order valence-electron chi connectivity index (χ4n) is 8.32. The van der Waals surface area contributed by atoms with E-state index in [1.54, 1.807) is 57.2 Å². The minimum atomic E-state index is -2.24. The summed E-state index contributed by atoms with van der Waals surface area (Å²) in [6, 6.07) is 23.6. The first-order valence-electron chi connectivity index (χ1n) is 27.0. The summed E-state index contributed by atoms with van der Waals surface area (Å²) in [6.45, 7) is 19.0. The largest absolute Gasteiger partial charge is 0.496 e. The molecule has 7 rings (SSSR count). The van der Waals surface area contributed by atoms with Crippen molar-refractivity contribution in [2.24, 2.45) is 0 Å². The van der Waals surface area contributed by atoms with E-state index in [9.17, 15) is 41.5 Å². The quantitative estimate of drug-likeness (QED) is 0.0504. The number of halogens is 4. The molecule has 0 radical (unpaired) electrons. The second-order valence-corrected chi connectivity index (χ2v) is 19.6. The molecule has 0 unspecified atom stereocenters. The van der Waals surface area contributed by atoms with E-state index in [0.717, 1.165) is 83.0 Å². The smallest absolute Gasteiger partial charge is 0.343 e. The molecule has 0 saturated heterocycles. The predicted octanol–water partition coefficient (Wildman–Crippen LogP) is 15.1. The molecule has 1 saturated carbocycles. The van der Waals surface area contributed by atoms with Crippen molar-refractivity contribution in [3.05, 3.63) is 180 Å². The molecule has 456 valence electrons. The summed E-state index contributed by atoms with van der Waals surface area (Å²) in [5.74, 6) is -5.29.